The van der Waals surface area contributed by atoms with E-state index in [0.717, 1.165) is 0 Å². The van der Waals surface area contributed by atoms with Gasteiger partial charge < -0.3 is 15.4 Å². The van der Waals surface area contributed by atoms with Gasteiger partial charge in [0.05, 0.1) is 7.11 Å². The van der Waals surface area contributed by atoms with E-state index < -0.39 is 12.0 Å². The fourth-order valence-corrected chi connectivity index (χ4v) is 1.44. The highest BCUT2D eigenvalue weighted by atomic mass is 19.1. The summed E-state index contributed by atoms with van der Waals surface area (Å²) in [6.45, 7) is 3.01. The van der Waals surface area contributed by atoms with Crippen LogP contribution < -0.4 is 15.4 Å². The van der Waals surface area contributed by atoms with Gasteiger partial charge in [0.2, 0.25) is 23.6 Å². The first kappa shape index (κ1) is 14.9. The van der Waals surface area contributed by atoms with Gasteiger partial charge in [0.25, 0.3) is 0 Å². The summed E-state index contributed by atoms with van der Waals surface area (Å²) in [7, 11) is 1.38. The Morgan fingerprint density at radius 3 is 2.74 bits per heavy atom. The van der Waals surface area contributed by atoms with Crippen LogP contribution in [-0.2, 0) is 16.1 Å². The zero-order chi connectivity index (χ0) is 14.4. The van der Waals surface area contributed by atoms with Crippen LogP contribution in [0.25, 0.3) is 0 Å². The first-order chi connectivity index (χ1) is 8.92. The Morgan fingerprint density at radius 2 is 2.16 bits per heavy atom. The van der Waals surface area contributed by atoms with Crippen molar-refractivity contribution in [2.45, 2.75) is 26.4 Å². The monoisotopic (exact) mass is 269 g/mol. The van der Waals surface area contributed by atoms with Crippen molar-refractivity contribution in [3.63, 3.8) is 0 Å². The van der Waals surface area contributed by atoms with Crippen LogP contribution in [0.15, 0.2) is 12.1 Å². The highest BCUT2D eigenvalue weighted by Crippen LogP contribution is 2.11. The summed E-state index contributed by atoms with van der Waals surface area (Å²) in [6.07, 6.45) is 0. The van der Waals surface area contributed by atoms with E-state index in [0.29, 0.717) is 5.56 Å². The summed E-state index contributed by atoms with van der Waals surface area (Å²) in [4.78, 5) is 25.9. The number of hydrogen-bond donors (Lipinski definition) is 2. The van der Waals surface area contributed by atoms with Crippen LogP contribution in [0.3, 0.4) is 0 Å². The fourth-order valence-electron chi connectivity index (χ4n) is 1.44. The normalized spacial score (nSPS) is 11.6. The average Bonchev–Trinajstić information content (AvgIpc) is 2.34. The largest absolute Gasteiger partial charge is 0.481 e. The summed E-state index contributed by atoms with van der Waals surface area (Å²) in [5, 5.41) is 5.03. The van der Waals surface area contributed by atoms with Crippen molar-refractivity contribution in [2.75, 3.05) is 7.11 Å². The van der Waals surface area contributed by atoms with Crippen molar-refractivity contribution >= 4 is 11.8 Å². The molecule has 2 N–H and O–H groups in total. The molecule has 1 atom stereocenters. The molecule has 0 aromatic carbocycles. The second-order valence-corrected chi connectivity index (χ2v) is 3.98. The molecule has 0 saturated carbocycles. The molecule has 0 aliphatic carbocycles. The Labute approximate surface area is 110 Å². The van der Waals surface area contributed by atoms with Crippen LogP contribution in [0.2, 0.25) is 0 Å². The van der Waals surface area contributed by atoms with Gasteiger partial charge in [-0.1, -0.05) is 0 Å². The Kier molecular flexibility index (Phi) is 5.23. The third-order valence-corrected chi connectivity index (χ3v) is 2.32. The molecule has 19 heavy (non-hydrogen) atoms. The van der Waals surface area contributed by atoms with Gasteiger partial charge in [0.1, 0.15) is 6.04 Å². The quantitative estimate of drug-likeness (QED) is 0.757. The van der Waals surface area contributed by atoms with Crippen LogP contribution in [0.4, 0.5) is 4.39 Å². The van der Waals surface area contributed by atoms with E-state index in [1.54, 1.807) is 6.92 Å². The summed E-state index contributed by atoms with van der Waals surface area (Å²) in [6, 6.07) is 2.07. The Bertz CT molecular complexity index is 479. The zero-order valence-electron chi connectivity index (χ0n) is 11.0. The molecule has 0 radical (unpaired) electrons. The molecule has 0 aliphatic heterocycles. The Balaban J connectivity index is 2.59. The SMILES string of the molecule is COc1cc(CNC(=O)[C@@H](C)NC(C)=O)cc(F)n1. The smallest absolute Gasteiger partial charge is 0.242 e. The topological polar surface area (TPSA) is 80.3 Å². The summed E-state index contributed by atoms with van der Waals surface area (Å²) in [5.74, 6) is -1.19. The van der Waals surface area contributed by atoms with Crippen molar-refractivity contribution in [1.82, 2.24) is 15.6 Å². The molecule has 1 rings (SSSR count). The number of methoxy groups -OCH3 is 1. The number of halogens is 1. The predicted octanol–water partition coefficient (Wildman–Crippen LogP) is 0.370. The molecule has 2 amide bonds. The second kappa shape index (κ2) is 6.67. The molecule has 104 valence electrons. The molecule has 1 aromatic rings. The predicted molar refractivity (Wildman–Crippen MR) is 65.9 cm³/mol. The van der Waals surface area contributed by atoms with E-state index in [1.807, 2.05) is 0 Å². The van der Waals surface area contributed by atoms with Crippen molar-refractivity contribution in [3.05, 3.63) is 23.6 Å². The van der Waals surface area contributed by atoms with E-state index in [1.165, 1.54) is 26.2 Å². The van der Waals surface area contributed by atoms with Gasteiger partial charge in [-0.25, -0.2) is 0 Å². The first-order valence-electron chi connectivity index (χ1n) is 5.67. The minimum atomic E-state index is -0.682. The van der Waals surface area contributed by atoms with E-state index in [2.05, 4.69) is 15.6 Å². The van der Waals surface area contributed by atoms with E-state index in [9.17, 15) is 14.0 Å². The number of carbonyl (C=O) groups excluding carboxylic acids is 2. The molecular weight excluding hydrogens is 253 g/mol. The third kappa shape index (κ3) is 4.90. The minimum Gasteiger partial charge on any atom is -0.481 e. The van der Waals surface area contributed by atoms with Crippen molar-refractivity contribution < 1.29 is 18.7 Å². The number of carbonyl (C=O) groups is 2. The third-order valence-electron chi connectivity index (χ3n) is 2.32. The van der Waals surface area contributed by atoms with Crippen LogP contribution in [-0.4, -0.2) is 29.9 Å². The minimum absolute atomic E-state index is 0.124. The van der Waals surface area contributed by atoms with E-state index >= 15 is 0 Å². The summed E-state index contributed by atoms with van der Waals surface area (Å²) < 4.78 is 17.9. The number of nitrogens with one attached hydrogen (secondary N) is 2. The zero-order valence-corrected chi connectivity index (χ0v) is 11.0. The second-order valence-electron chi connectivity index (χ2n) is 3.98. The van der Waals surface area contributed by atoms with E-state index in [4.69, 9.17) is 4.74 Å². The Hall–Kier alpha value is -2.18. The standard InChI is InChI=1S/C12H16FN3O3/c1-7(15-8(2)17)12(18)14-6-9-4-10(13)16-11(5-9)19-3/h4-5,7H,6H2,1-3H3,(H,14,18)(H,15,17)/t7-/m1/s1. The first-order valence-corrected chi connectivity index (χ1v) is 5.67. The Morgan fingerprint density at radius 1 is 1.47 bits per heavy atom. The number of nitrogens with zero attached hydrogens (tertiary/aromatic N) is 1. The van der Waals surface area contributed by atoms with Gasteiger partial charge in [0.15, 0.2) is 0 Å². The van der Waals surface area contributed by atoms with Crippen LogP contribution in [0, 0.1) is 5.95 Å². The highest BCUT2D eigenvalue weighted by Gasteiger charge is 2.13. The molecule has 0 aliphatic rings. The van der Waals surface area contributed by atoms with Gasteiger partial charge in [-0.15, -0.1) is 0 Å². The maximum atomic E-state index is 13.1. The van der Waals surface area contributed by atoms with Gasteiger partial charge in [0, 0.05) is 19.5 Å². The van der Waals surface area contributed by atoms with Crippen molar-refractivity contribution in [3.8, 4) is 5.88 Å². The molecule has 1 aromatic heterocycles. The lowest BCUT2D eigenvalue weighted by atomic mass is 10.2. The molecule has 1 heterocycles. The lowest BCUT2D eigenvalue weighted by molar-refractivity contribution is -0.127. The highest BCUT2D eigenvalue weighted by molar-refractivity contribution is 5.86. The average molecular weight is 269 g/mol. The van der Waals surface area contributed by atoms with Crippen LogP contribution in [0.5, 0.6) is 5.88 Å². The number of pyridine rings is 1. The van der Waals surface area contributed by atoms with Gasteiger partial charge >= 0.3 is 0 Å². The molecule has 7 heteroatoms. The van der Waals surface area contributed by atoms with Gasteiger partial charge in [-0.05, 0) is 18.6 Å². The molecular formula is C12H16FN3O3. The molecule has 6 nitrogen and oxygen atoms in total. The number of amides is 2. The molecule has 0 spiro atoms. The maximum absolute atomic E-state index is 13.1. The van der Waals surface area contributed by atoms with Crippen LogP contribution in [0.1, 0.15) is 19.4 Å². The van der Waals surface area contributed by atoms with Crippen molar-refractivity contribution in [1.29, 1.82) is 0 Å². The number of ether oxygens (including phenoxy) is 1. The lowest BCUT2D eigenvalue weighted by Gasteiger charge is -2.13. The van der Waals surface area contributed by atoms with Crippen LogP contribution >= 0.6 is 0 Å². The number of rotatable bonds is 5. The number of hydrogen-bond acceptors (Lipinski definition) is 4. The lowest BCUT2D eigenvalue weighted by Crippen LogP contribution is -2.43. The van der Waals surface area contributed by atoms with Gasteiger partial charge in [-0.2, -0.15) is 9.37 Å². The molecule has 0 unspecified atom stereocenters. The van der Waals surface area contributed by atoms with E-state index in [-0.39, 0.29) is 24.2 Å². The molecule has 0 saturated heterocycles. The summed E-state index contributed by atoms with van der Waals surface area (Å²) in [5.41, 5.74) is 0.521. The van der Waals surface area contributed by atoms with Gasteiger partial charge in [-0.3, -0.25) is 9.59 Å². The maximum Gasteiger partial charge on any atom is 0.242 e. The molecule has 0 bridgehead atoms. The summed E-state index contributed by atoms with van der Waals surface area (Å²) >= 11 is 0. The molecule has 0 fully saturated rings. The fraction of sp³-hybridized carbons (Fsp3) is 0.417. The number of aromatic nitrogens is 1. The van der Waals surface area contributed by atoms with Crippen molar-refractivity contribution in [2.24, 2.45) is 0 Å².